The average Bonchev–Trinajstić information content (AvgIpc) is 2.34. The number of hydrogen-bond acceptors (Lipinski definition) is 1. The summed E-state index contributed by atoms with van der Waals surface area (Å²) in [5.41, 5.74) is 3.63. The average molecular weight is 355 g/mol. The molecule has 2 rings (SSSR count). The van der Waals surface area contributed by atoms with Gasteiger partial charge in [0, 0.05) is 27.6 Å². The summed E-state index contributed by atoms with van der Waals surface area (Å²) >= 11 is 7.28. The SMILES string of the molecule is Cc1ccc(C(Br)Cc2ccccn2)cc1Br. The summed E-state index contributed by atoms with van der Waals surface area (Å²) in [7, 11) is 0. The van der Waals surface area contributed by atoms with E-state index in [0.717, 1.165) is 16.6 Å². The van der Waals surface area contributed by atoms with Gasteiger partial charge in [0.25, 0.3) is 0 Å². The second-order valence-electron chi connectivity index (χ2n) is 4.00. The predicted molar refractivity (Wildman–Crippen MR) is 78.5 cm³/mol. The largest absolute Gasteiger partial charge is 0.261 e. The van der Waals surface area contributed by atoms with Gasteiger partial charge in [0.15, 0.2) is 0 Å². The van der Waals surface area contributed by atoms with Gasteiger partial charge in [0.2, 0.25) is 0 Å². The fourth-order valence-electron chi connectivity index (χ4n) is 1.62. The predicted octanol–water partition coefficient (Wildman–Crippen LogP) is 4.83. The molecule has 0 saturated heterocycles. The Labute approximate surface area is 119 Å². The van der Waals surface area contributed by atoms with Gasteiger partial charge in [-0.1, -0.05) is 50.1 Å². The number of pyridine rings is 1. The van der Waals surface area contributed by atoms with Crippen LogP contribution in [0.5, 0.6) is 0 Å². The molecule has 0 N–H and O–H groups in total. The summed E-state index contributed by atoms with van der Waals surface area (Å²) in [4.78, 5) is 4.64. The zero-order valence-corrected chi connectivity index (χ0v) is 12.7. The van der Waals surface area contributed by atoms with Gasteiger partial charge in [-0.3, -0.25) is 4.98 Å². The summed E-state index contributed by atoms with van der Waals surface area (Å²) in [6.07, 6.45) is 2.73. The number of benzene rings is 1. The lowest BCUT2D eigenvalue weighted by Gasteiger charge is -2.11. The number of rotatable bonds is 3. The zero-order valence-electron chi connectivity index (χ0n) is 9.53. The third-order valence-corrected chi connectivity index (χ3v) is 4.38. The lowest BCUT2D eigenvalue weighted by atomic mass is 10.1. The Hall–Kier alpha value is -0.670. The third kappa shape index (κ3) is 3.39. The molecule has 0 aliphatic heterocycles. The highest BCUT2D eigenvalue weighted by Gasteiger charge is 2.10. The molecule has 1 heterocycles. The first-order chi connectivity index (χ1) is 8.16. The van der Waals surface area contributed by atoms with Crippen molar-refractivity contribution in [3.8, 4) is 0 Å². The van der Waals surface area contributed by atoms with Crippen LogP contribution < -0.4 is 0 Å². The minimum absolute atomic E-state index is 0.300. The summed E-state index contributed by atoms with van der Waals surface area (Å²) in [6.45, 7) is 2.09. The van der Waals surface area contributed by atoms with E-state index in [9.17, 15) is 0 Å². The maximum Gasteiger partial charge on any atom is 0.0451 e. The van der Waals surface area contributed by atoms with Crippen LogP contribution in [0, 0.1) is 6.92 Å². The maximum atomic E-state index is 4.34. The Morgan fingerprint density at radius 2 is 2.06 bits per heavy atom. The summed E-state index contributed by atoms with van der Waals surface area (Å²) in [5.74, 6) is 0. The van der Waals surface area contributed by atoms with Gasteiger partial charge >= 0.3 is 0 Å². The molecule has 0 aliphatic carbocycles. The van der Waals surface area contributed by atoms with Gasteiger partial charge in [0.05, 0.1) is 0 Å². The highest BCUT2D eigenvalue weighted by atomic mass is 79.9. The van der Waals surface area contributed by atoms with Crippen LogP contribution in [-0.4, -0.2) is 4.98 Å². The molecule has 17 heavy (non-hydrogen) atoms. The first-order valence-corrected chi connectivity index (χ1v) is 7.17. The van der Waals surface area contributed by atoms with Crippen LogP contribution in [-0.2, 0) is 6.42 Å². The molecule has 0 radical (unpaired) electrons. The Morgan fingerprint density at radius 3 is 2.71 bits per heavy atom. The minimum atomic E-state index is 0.300. The molecule has 1 nitrogen and oxygen atoms in total. The van der Waals surface area contributed by atoms with Gasteiger partial charge in [-0.15, -0.1) is 0 Å². The van der Waals surface area contributed by atoms with E-state index in [2.05, 4.69) is 68.0 Å². The van der Waals surface area contributed by atoms with E-state index in [1.807, 2.05) is 18.3 Å². The van der Waals surface area contributed by atoms with E-state index >= 15 is 0 Å². The van der Waals surface area contributed by atoms with Gasteiger partial charge < -0.3 is 0 Å². The van der Waals surface area contributed by atoms with E-state index in [1.54, 1.807) is 0 Å². The molecule has 0 amide bonds. The fourth-order valence-corrected chi connectivity index (χ4v) is 2.64. The van der Waals surface area contributed by atoms with Crippen LogP contribution in [0.25, 0.3) is 0 Å². The van der Waals surface area contributed by atoms with Gasteiger partial charge in [0.1, 0.15) is 0 Å². The molecule has 3 heteroatoms. The van der Waals surface area contributed by atoms with E-state index in [-0.39, 0.29) is 0 Å². The topological polar surface area (TPSA) is 12.9 Å². The van der Waals surface area contributed by atoms with Crippen LogP contribution in [0.4, 0.5) is 0 Å². The third-order valence-electron chi connectivity index (χ3n) is 2.67. The molecule has 1 aromatic heterocycles. The van der Waals surface area contributed by atoms with Crippen molar-refractivity contribution >= 4 is 31.9 Å². The molecule has 1 aromatic carbocycles. The van der Waals surface area contributed by atoms with Crippen molar-refractivity contribution in [3.63, 3.8) is 0 Å². The molecular formula is C14H13Br2N. The smallest absolute Gasteiger partial charge is 0.0451 e. The molecule has 2 aromatic rings. The number of alkyl halides is 1. The molecule has 0 fully saturated rings. The minimum Gasteiger partial charge on any atom is -0.261 e. The van der Waals surface area contributed by atoms with E-state index < -0.39 is 0 Å². The van der Waals surface area contributed by atoms with Gasteiger partial charge in [-0.25, -0.2) is 0 Å². The monoisotopic (exact) mass is 353 g/mol. The molecule has 88 valence electrons. The maximum absolute atomic E-state index is 4.34. The molecule has 1 atom stereocenters. The Balaban J connectivity index is 2.14. The van der Waals surface area contributed by atoms with E-state index in [0.29, 0.717) is 4.83 Å². The summed E-state index contributed by atoms with van der Waals surface area (Å²) in [5, 5.41) is 0. The lowest BCUT2D eigenvalue weighted by molar-refractivity contribution is 0.903. The van der Waals surface area contributed by atoms with Crippen LogP contribution in [0.1, 0.15) is 21.6 Å². The quantitative estimate of drug-likeness (QED) is 0.719. The van der Waals surface area contributed by atoms with Crippen LogP contribution in [0.15, 0.2) is 47.1 Å². The first kappa shape index (κ1) is 12.8. The van der Waals surface area contributed by atoms with Crippen molar-refractivity contribution in [1.29, 1.82) is 0 Å². The number of halogens is 2. The van der Waals surface area contributed by atoms with Gasteiger partial charge in [-0.05, 0) is 36.2 Å². The molecule has 0 saturated carbocycles. The Morgan fingerprint density at radius 1 is 1.24 bits per heavy atom. The molecular weight excluding hydrogens is 342 g/mol. The number of aromatic nitrogens is 1. The molecule has 0 bridgehead atoms. The van der Waals surface area contributed by atoms with Crippen LogP contribution >= 0.6 is 31.9 Å². The van der Waals surface area contributed by atoms with Crippen LogP contribution in [0.2, 0.25) is 0 Å². The normalized spacial score (nSPS) is 12.4. The number of aryl methyl sites for hydroxylation is 1. The Bertz CT molecular complexity index is 497. The molecule has 0 aliphatic rings. The highest BCUT2D eigenvalue weighted by Crippen LogP contribution is 2.29. The molecule has 0 spiro atoms. The van der Waals surface area contributed by atoms with Crippen molar-refractivity contribution in [2.75, 3.05) is 0 Å². The van der Waals surface area contributed by atoms with Crippen molar-refractivity contribution in [2.24, 2.45) is 0 Å². The van der Waals surface area contributed by atoms with Crippen LogP contribution in [0.3, 0.4) is 0 Å². The number of hydrogen-bond donors (Lipinski definition) is 0. The summed E-state index contributed by atoms with van der Waals surface area (Å²) < 4.78 is 1.15. The second-order valence-corrected chi connectivity index (χ2v) is 5.96. The highest BCUT2D eigenvalue weighted by molar-refractivity contribution is 9.10. The Kier molecular flexibility index (Phi) is 4.35. The lowest BCUT2D eigenvalue weighted by Crippen LogP contribution is -1.97. The standard InChI is InChI=1S/C14H13Br2N/c1-10-5-6-11(8-13(10)15)14(16)9-12-4-2-3-7-17-12/h2-8,14H,9H2,1H3. The fraction of sp³-hybridized carbons (Fsp3) is 0.214. The molecule has 1 unspecified atom stereocenters. The zero-order chi connectivity index (χ0) is 12.3. The summed E-state index contributed by atoms with van der Waals surface area (Å²) in [6, 6.07) is 12.5. The van der Waals surface area contributed by atoms with E-state index in [4.69, 9.17) is 0 Å². The second kappa shape index (κ2) is 5.78. The van der Waals surface area contributed by atoms with Crippen molar-refractivity contribution in [2.45, 2.75) is 18.2 Å². The van der Waals surface area contributed by atoms with Crippen molar-refractivity contribution < 1.29 is 0 Å². The van der Waals surface area contributed by atoms with Crippen molar-refractivity contribution in [1.82, 2.24) is 4.98 Å². The van der Waals surface area contributed by atoms with E-state index in [1.165, 1.54) is 11.1 Å². The first-order valence-electron chi connectivity index (χ1n) is 5.47. The van der Waals surface area contributed by atoms with Gasteiger partial charge in [-0.2, -0.15) is 0 Å². The van der Waals surface area contributed by atoms with Crippen molar-refractivity contribution in [3.05, 3.63) is 63.9 Å². The number of nitrogens with zero attached hydrogens (tertiary/aromatic N) is 1.